The predicted molar refractivity (Wildman–Crippen MR) is 109 cm³/mol. The number of aromatic nitrogens is 3. The Morgan fingerprint density at radius 1 is 0.714 bits per heavy atom. The third-order valence-electron chi connectivity index (χ3n) is 3.99. The van der Waals surface area contributed by atoms with Crippen LogP contribution in [0.5, 0.6) is 0 Å². The summed E-state index contributed by atoms with van der Waals surface area (Å²) in [5.74, 6) is 0.0971. The Morgan fingerprint density at radius 3 is 1.89 bits per heavy atom. The van der Waals surface area contributed by atoms with E-state index in [4.69, 9.17) is 5.73 Å². The smallest absolute Gasteiger partial charge is 0.241 e. The lowest BCUT2D eigenvalue weighted by Gasteiger charge is -2.23. The number of nitrogen functional groups attached to an aromatic ring is 1. The van der Waals surface area contributed by atoms with Gasteiger partial charge in [0.15, 0.2) is 0 Å². The summed E-state index contributed by atoms with van der Waals surface area (Å²) in [6, 6.07) is 25.6. The van der Waals surface area contributed by atoms with E-state index in [0.717, 1.165) is 11.4 Å². The van der Waals surface area contributed by atoms with Gasteiger partial charge in [-0.2, -0.15) is 15.0 Å². The molecule has 28 heavy (non-hydrogen) atoms. The maximum atomic E-state index is 14.0. The molecule has 0 aliphatic rings. The van der Waals surface area contributed by atoms with Gasteiger partial charge in [0.2, 0.25) is 17.8 Å². The van der Waals surface area contributed by atoms with Gasteiger partial charge in [-0.1, -0.05) is 48.5 Å². The molecule has 1 aromatic heterocycles. The molecular formula is C21H17FN6. The highest BCUT2D eigenvalue weighted by molar-refractivity contribution is 5.73. The Balaban J connectivity index is 1.79. The minimum atomic E-state index is -0.411. The summed E-state index contributed by atoms with van der Waals surface area (Å²) in [5.41, 5.74) is 7.89. The van der Waals surface area contributed by atoms with Gasteiger partial charge in [0, 0.05) is 11.4 Å². The van der Waals surface area contributed by atoms with Crippen LogP contribution in [-0.2, 0) is 0 Å². The van der Waals surface area contributed by atoms with E-state index in [-0.39, 0.29) is 17.6 Å². The normalized spacial score (nSPS) is 10.5. The van der Waals surface area contributed by atoms with Gasteiger partial charge in [0.05, 0.1) is 5.69 Å². The molecular weight excluding hydrogens is 355 g/mol. The van der Waals surface area contributed by atoms with Gasteiger partial charge in [0.25, 0.3) is 0 Å². The van der Waals surface area contributed by atoms with Gasteiger partial charge in [-0.25, -0.2) is 4.39 Å². The van der Waals surface area contributed by atoms with Gasteiger partial charge in [-0.05, 0) is 36.4 Å². The fraction of sp³-hybridized carbons (Fsp3) is 0. The third kappa shape index (κ3) is 3.73. The van der Waals surface area contributed by atoms with Crippen LogP contribution < -0.4 is 16.0 Å². The fourth-order valence-corrected chi connectivity index (χ4v) is 2.75. The molecule has 0 aliphatic heterocycles. The molecule has 0 saturated heterocycles. The molecule has 4 aromatic rings. The molecule has 0 fully saturated rings. The highest BCUT2D eigenvalue weighted by atomic mass is 19.1. The van der Waals surface area contributed by atoms with Gasteiger partial charge < -0.3 is 11.1 Å². The lowest BCUT2D eigenvalue weighted by molar-refractivity contribution is 0.631. The van der Waals surface area contributed by atoms with Crippen LogP contribution in [0.25, 0.3) is 0 Å². The summed E-state index contributed by atoms with van der Waals surface area (Å²) in [4.78, 5) is 14.7. The van der Waals surface area contributed by atoms with E-state index in [1.807, 2.05) is 65.6 Å². The first-order valence-electron chi connectivity index (χ1n) is 8.64. The Morgan fingerprint density at radius 2 is 1.29 bits per heavy atom. The standard InChI is InChI=1S/C21H17FN6/c22-17-13-7-8-14-18(17)24-20-25-19(23)26-21(27-20)28(15-9-3-1-4-10-15)16-11-5-2-6-12-16/h1-14H,(H3,23,24,25,26,27). The van der Waals surface area contributed by atoms with Crippen LogP contribution in [0, 0.1) is 5.82 Å². The van der Waals surface area contributed by atoms with Crippen LogP contribution in [0.4, 0.5) is 39.3 Å². The maximum absolute atomic E-state index is 14.0. The van der Waals surface area contributed by atoms with E-state index in [9.17, 15) is 4.39 Å². The quantitative estimate of drug-likeness (QED) is 0.523. The molecule has 0 aliphatic carbocycles. The third-order valence-corrected chi connectivity index (χ3v) is 3.99. The minimum Gasteiger partial charge on any atom is -0.368 e. The Hall–Kier alpha value is -4.00. The molecule has 3 N–H and O–H groups in total. The van der Waals surface area contributed by atoms with E-state index >= 15 is 0 Å². The highest BCUT2D eigenvalue weighted by Gasteiger charge is 2.17. The van der Waals surface area contributed by atoms with Crippen molar-refractivity contribution in [2.45, 2.75) is 0 Å². The summed E-state index contributed by atoms with van der Waals surface area (Å²) >= 11 is 0. The number of hydrogen-bond donors (Lipinski definition) is 2. The Kier molecular flexibility index (Phi) is 4.79. The number of anilines is 6. The van der Waals surface area contributed by atoms with Crippen LogP contribution in [0.1, 0.15) is 0 Å². The molecule has 7 heteroatoms. The fourth-order valence-electron chi connectivity index (χ4n) is 2.75. The Labute approximate surface area is 161 Å². The second kappa shape index (κ2) is 7.71. The van der Waals surface area contributed by atoms with Gasteiger partial charge in [-0.3, -0.25) is 4.90 Å². The van der Waals surface area contributed by atoms with Crippen molar-refractivity contribution < 1.29 is 4.39 Å². The molecule has 0 amide bonds. The molecule has 0 saturated carbocycles. The maximum Gasteiger partial charge on any atom is 0.241 e. The van der Waals surface area contributed by atoms with Crippen LogP contribution in [0.3, 0.4) is 0 Å². The number of rotatable bonds is 5. The number of hydrogen-bond acceptors (Lipinski definition) is 6. The van der Waals surface area contributed by atoms with Crippen molar-refractivity contribution in [3.63, 3.8) is 0 Å². The second-order valence-corrected chi connectivity index (χ2v) is 5.93. The first kappa shape index (κ1) is 17.4. The predicted octanol–water partition coefficient (Wildman–Crippen LogP) is 4.81. The van der Waals surface area contributed by atoms with Crippen molar-refractivity contribution in [3.05, 3.63) is 90.7 Å². The molecule has 3 aromatic carbocycles. The van der Waals surface area contributed by atoms with E-state index < -0.39 is 5.82 Å². The lowest BCUT2D eigenvalue weighted by atomic mass is 10.2. The number of para-hydroxylation sites is 3. The first-order valence-corrected chi connectivity index (χ1v) is 8.64. The van der Waals surface area contributed by atoms with Gasteiger partial charge in [0.1, 0.15) is 5.82 Å². The summed E-state index contributed by atoms with van der Waals surface area (Å²) < 4.78 is 14.0. The Bertz CT molecular complexity index is 1030. The number of nitrogens with one attached hydrogen (secondary N) is 1. The second-order valence-electron chi connectivity index (χ2n) is 5.93. The molecule has 1 heterocycles. The molecule has 0 atom stereocenters. The molecule has 0 spiro atoms. The molecule has 0 bridgehead atoms. The van der Waals surface area contributed by atoms with Crippen molar-refractivity contribution >= 4 is 34.9 Å². The average Bonchev–Trinajstić information content (AvgIpc) is 2.71. The number of nitrogens with zero attached hydrogens (tertiary/aromatic N) is 4. The highest BCUT2D eigenvalue weighted by Crippen LogP contribution is 2.32. The summed E-state index contributed by atoms with van der Waals surface area (Å²) in [6.07, 6.45) is 0. The van der Waals surface area contributed by atoms with Crippen molar-refractivity contribution in [1.82, 2.24) is 15.0 Å². The van der Waals surface area contributed by atoms with E-state index in [0.29, 0.717) is 5.95 Å². The zero-order valence-electron chi connectivity index (χ0n) is 14.8. The molecule has 0 radical (unpaired) electrons. The molecule has 4 rings (SSSR count). The van der Waals surface area contributed by atoms with Gasteiger partial charge in [-0.15, -0.1) is 0 Å². The zero-order valence-corrected chi connectivity index (χ0v) is 14.8. The number of halogens is 1. The van der Waals surface area contributed by atoms with Crippen molar-refractivity contribution in [2.75, 3.05) is 16.0 Å². The summed E-state index contributed by atoms with van der Waals surface area (Å²) in [7, 11) is 0. The number of benzene rings is 3. The largest absolute Gasteiger partial charge is 0.368 e. The minimum absolute atomic E-state index is 0.0284. The molecule has 0 unspecified atom stereocenters. The average molecular weight is 372 g/mol. The number of nitrogens with two attached hydrogens (primary N) is 1. The summed E-state index contributed by atoms with van der Waals surface area (Å²) in [5, 5.41) is 2.87. The zero-order chi connectivity index (χ0) is 19.3. The van der Waals surface area contributed by atoms with E-state index in [2.05, 4.69) is 20.3 Å². The van der Waals surface area contributed by atoms with E-state index in [1.165, 1.54) is 6.07 Å². The van der Waals surface area contributed by atoms with Crippen LogP contribution in [0.15, 0.2) is 84.9 Å². The van der Waals surface area contributed by atoms with Crippen molar-refractivity contribution in [1.29, 1.82) is 0 Å². The van der Waals surface area contributed by atoms with Crippen molar-refractivity contribution in [3.8, 4) is 0 Å². The molecule has 138 valence electrons. The summed E-state index contributed by atoms with van der Waals surface area (Å²) in [6.45, 7) is 0. The molecule has 6 nitrogen and oxygen atoms in total. The van der Waals surface area contributed by atoms with E-state index in [1.54, 1.807) is 18.2 Å². The topological polar surface area (TPSA) is 80.0 Å². The van der Waals surface area contributed by atoms with Crippen LogP contribution in [-0.4, -0.2) is 15.0 Å². The van der Waals surface area contributed by atoms with Crippen LogP contribution >= 0.6 is 0 Å². The van der Waals surface area contributed by atoms with Crippen molar-refractivity contribution in [2.24, 2.45) is 0 Å². The SMILES string of the molecule is Nc1nc(Nc2ccccc2F)nc(N(c2ccccc2)c2ccccc2)n1. The van der Waals surface area contributed by atoms with Crippen LogP contribution in [0.2, 0.25) is 0 Å². The lowest BCUT2D eigenvalue weighted by Crippen LogP contribution is -2.16. The first-order chi connectivity index (χ1) is 13.7. The van der Waals surface area contributed by atoms with Gasteiger partial charge >= 0.3 is 0 Å². The monoisotopic (exact) mass is 372 g/mol.